The van der Waals surface area contributed by atoms with Gasteiger partial charge in [-0.2, -0.15) is 0 Å². The first-order chi connectivity index (χ1) is 8.90. The minimum atomic E-state index is -3.72. The predicted molar refractivity (Wildman–Crippen MR) is 70.9 cm³/mol. The lowest BCUT2D eigenvalue weighted by molar-refractivity contribution is 0.396. The number of anilines is 1. The maximum atomic E-state index is 12.1. The van der Waals surface area contributed by atoms with Gasteiger partial charge in [0.05, 0.1) is 0 Å². The van der Waals surface area contributed by atoms with Crippen LogP contribution in [0.25, 0.3) is 0 Å². The maximum absolute atomic E-state index is 12.1. The molecule has 1 aromatic heterocycles. The molecule has 0 unspecified atom stereocenters. The van der Waals surface area contributed by atoms with Gasteiger partial charge in [0.15, 0.2) is 16.5 Å². The first-order valence-electron chi connectivity index (χ1n) is 5.67. The van der Waals surface area contributed by atoms with Crippen molar-refractivity contribution in [2.75, 3.05) is 5.73 Å². The fraction of sp³-hybridized carbons (Fsp3) is 0.250. The molecule has 0 aliphatic carbocycles. The van der Waals surface area contributed by atoms with Crippen molar-refractivity contribution in [3.8, 4) is 0 Å². The molecule has 19 heavy (non-hydrogen) atoms. The van der Waals surface area contributed by atoms with Gasteiger partial charge in [-0.1, -0.05) is 35.0 Å². The van der Waals surface area contributed by atoms with Gasteiger partial charge >= 0.3 is 0 Å². The fourth-order valence-electron chi connectivity index (χ4n) is 1.66. The second kappa shape index (κ2) is 5.02. The van der Waals surface area contributed by atoms with Crippen LogP contribution in [0.3, 0.4) is 0 Å². The van der Waals surface area contributed by atoms with Crippen LogP contribution in [0.15, 0.2) is 33.7 Å². The number of nitrogen functional groups attached to an aromatic ring is 1. The van der Waals surface area contributed by atoms with Gasteiger partial charge in [0.25, 0.3) is 0 Å². The number of aromatic nitrogens is 1. The Balaban J connectivity index is 2.17. The molecule has 0 aliphatic heterocycles. The molecule has 0 bridgehead atoms. The largest absolute Gasteiger partial charge is 0.380 e. The van der Waals surface area contributed by atoms with Crippen molar-refractivity contribution < 1.29 is 12.9 Å². The SMILES string of the molecule is Cc1ccc(CNS(=O)(=O)c2c(N)noc2C)cc1. The van der Waals surface area contributed by atoms with E-state index in [1.54, 1.807) is 0 Å². The molecule has 3 N–H and O–H groups in total. The minimum Gasteiger partial charge on any atom is -0.380 e. The number of nitrogens with two attached hydrogens (primary N) is 1. The first-order valence-corrected chi connectivity index (χ1v) is 7.15. The van der Waals surface area contributed by atoms with Crippen LogP contribution in [0.4, 0.5) is 5.82 Å². The van der Waals surface area contributed by atoms with Crippen molar-refractivity contribution in [3.05, 3.63) is 41.2 Å². The average molecular weight is 281 g/mol. The summed E-state index contributed by atoms with van der Waals surface area (Å²) >= 11 is 0. The molecular weight excluding hydrogens is 266 g/mol. The zero-order valence-electron chi connectivity index (χ0n) is 10.7. The highest BCUT2D eigenvalue weighted by Crippen LogP contribution is 2.21. The van der Waals surface area contributed by atoms with Crippen LogP contribution >= 0.6 is 0 Å². The molecule has 0 atom stereocenters. The lowest BCUT2D eigenvalue weighted by atomic mass is 10.2. The standard InChI is InChI=1S/C12H15N3O3S/c1-8-3-5-10(6-4-8)7-14-19(16,17)11-9(2)18-15-12(11)13/h3-6,14H,7H2,1-2H3,(H2,13,15). The monoisotopic (exact) mass is 281 g/mol. The molecule has 0 spiro atoms. The Labute approximate surface area is 111 Å². The maximum Gasteiger partial charge on any atom is 0.248 e. The highest BCUT2D eigenvalue weighted by molar-refractivity contribution is 7.89. The van der Waals surface area contributed by atoms with Crippen LogP contribution in [0.2, 0.25) is 0 Å². The van der Waals surface area contributed by atoms with E-state index < -0.39 is 10.0 Å². The molecule has 7 heteroatoms. The van der Waals surface area contributed by atoms with E-state index in [0.29, 0.717) is 0 Å². The third-order valence-corrected chi connectivity index (χ3v) is 4.25. The second-order valence-electron chi connectivity index (χ2n) is 4.26. The van der Waals surface area contributed by atoms with Gasteiger partial charge in [0.2, 0.25) is 10.0 Å². The van der Waals surface area contributed by atoms with Crippen LogP contribution in [-0.4, -0.2) is 13.6 Å². The van der Waals surface area contributed by atoms with Crippen molar-refractivity contribution in [1.29, 1.82) is 0 Å². The van der Waals surface area contributed by atoms with Gasteiger partial charge in [0, 0.05) is 6.54 Å². The zero-order valence-corrected chi connectivity index (χ0v) is 11.5. The molecule has 1 heterocycles. The van der Waals surface area contributed by atoms with Gasteiger partial charge in [-0.15, -0.1) is 0 Å². The Kier molecular flexibility index (Phi) is 3.59. The quantitative estimate of drug-likeness (QED) is 0.881. The summed E-state index contributed by atoms with van der Waals surface area (Å²) in [5.41, 5.74) is 7.47. The van der Waals surface area contributed by atoms with Crippen LogP contribution < -0.4 is 10.5 Å². The number of hydrogen-bond acceptors (Lipinski definition) is 5. The molecule has 2 aromatic rings. The van der Waals surface area contributed by atoms with E-state index in [2.05, 4.69) is 9.88 Å². The van der Waals surface area contributed by atoms with Gasteiger partial charge in [0.1, 0.15) is 0 Å². The van der Waals surface area contributed by atoms with E-state index in [-0.39, 0.29) is 23.0 Å². The van der Waals surface area contributed by atoms with E-state index in [4.69, 9.17) is 10.3 Å². The summed E-state index contributed by atoms with van der Waals surface area (Å²) in [6.07, 6.45) is 0. The summed E-state index contributed by atoms with van der Waals surface area (Å²) in [6, 6.07) is 7.56. The number of nitrogens with one attached hydrogen (secondary N) is 1. The number of sulfonamides is 1. The van der Waals surface area contributed by atoms with E-state index in [9.17, 15) is 8.42 Å². The highest BCUT2D eigenvalue weighted by atomic mass is 32.2. The molecule has 0 amide bonds. The number of nitrogens with zero attached hydrogens (tertiary/aromatic N) is 1. The van der Waals surface area contributed by atoms with Gasteiger partial charge < -0.3 is 10.3 Å². The topological polar surface area (TPSA) is 98.2 Å². The average Bonchev–Trinajstić information content (AvgIpc) is 2.69. The number of rotatable bonds is 4. The summed E-state index contributed by atoms with van der Waals surface area (Å²) in [6.45, 7) is 3.66. The van der Waals surface area contributed by atoms with Crippen molar-refractivity contribution >= 4 is 15.8 Å². The van der Waals surface area contributed by atoms with Crippen LogP contribution in [-0.2, 0) is 16.6 Å². The third kappa shape index (κ3) is 2.94. The van der Waals surface area contributed by atoms with Crippen molar-refractivity contribution in [2.45, 2.75) is 25.3 Å². The lowest BCUT2D eigenvalue weighted by Crippen LogP contribution is -2.24. The fourth-order valence-corrected chi connectivity index (χ4v) is 2.89. The summed E-state index contributed by atoms with van der Waals surface area (Å²) in [4.78, 5) is -0.0976. The van der Waals surface area contributed by atoms with Gasteiger partial charge in [-0.25, -0.2) is 13.1 Å². The number of aryl methyl sites for hydroxylation is 2. The molecule has 102 valence electrons. The molecule has 0 fully saturated rings. The Morgan fingerprint density at radius 2 is 1.89 bits per heavy atom. The normalized spacial score (nSPS) is 11.7. The molecule has 0 saturated heterocycles. The number of hydrogen-bond donors (Lipinski definition) is 2. The molecule has 1 aromatic carbocycles. The van der Waals surface area contributed by atoms with Crippen molar-refractivity contribution in [2.24, 2.45) is 0 Å². The Hall–Kier alpha value is -1.86. The summed E-state index contributed by atoms with van der Waals surface area (Å²) in [5, 5.41) is 3.43. The van der Waals surface area contributed by atoms with Crippen LogP contribution in [0, 0.1) is 13.8 Å². The lowest BCUT2D eigenvalue weighted by Gasteiger charge is -2.06. The highest BCUT2D eigenvalue weighted by Gasteiger charge is 2.24. The van der Waals surface area contributed by atoms with E-state index in [1.807, 2.05) is 31.2 Å². The van der Waals surface area contributed by atoms with E-state index in [1.165, 1.54) is 6.92 Å². The van der Waals surface area contributed by atoms with E-state index in [0.717, 1.165) is 11.1 Å². The molecular formula is C12H15N3O3S. The summed E-state index contributed by atoms with van der Waals surface area (Å²) in [5.74, 6) is 0.0443. The molecule has 0 saturated carbocycles. The first kappa shape index (κ1) is 13.6. The summed E-state index contributed by atoms with van der Waals surface area (Å²) < 4.78 is 31.4. The third-order valence-electron chi connectivity index (χ3n) is 2.69. The molecule has 2 rings (SSSR count). The zero-order chi connectivity index (χ0) is 14.0. The second-order valence-corrected chi connectivity index (χ2v) is 5.97. The van der Waals surface area contributed by atoms with Gasteiger partial charge in [-0.3, -0.25) is 0 Å². The van der Waals surface area contributed by atoms with E-state index >= 15 is 0 Å². The van der Waals surface area contributed by atoms with Gasteiger partial charge in [-0.05, 0) is 19.4 Å². The van der Waals surface area contributed by atoms with Crippen molar-refractivity contribution in [1.82, 2.24) is 9.88 Å². The number of benzene rings is 1. The molecule has 6 nitrogen and oxygen atoms in total. The molecule has 0 aliphatic rings. The summed E-state index contributed by atoms with van der Waals surface area (Å²) in [7, 11) is -3.72. The smallest absolute Gasteiger partial charge is 0.248 e. The molecule has 0 radical (unpaired) electrons. The van der Waals surface area contributed by atoms with Crippen LogP contribution in [0.1, 0.15) is 16.9 Å². The Morgan fingerprint density at radius 3 is 2.42 bits per heavy atom. The van der Waals surface area contributed by atoms with Crippen molar-refractivity contribution in [3.63, 3.8) is 0 Å². The van der Waals surface area contributed by atoms with Crippen LogP contribution in [0.5, 0.6) is 0 Å². The Bertz CT molecular complexity index is 655. The predicted octanol–water partition coefficient (Wildman–Crippen LogP) is 1.35. The minimum absolute atomic E-state index is 0.0976. The Morgan fingerprint density at radius 1 is 1.26 bits per heavy atom.